The van der Waals surface area contributed by atoms with Gasteiger partial charge in [0.2, 0.25) is 10.0 Å². The lowest BCUT2D eigenvalue weighted by Gasteiger charge is -2.33. The van der Waals surface area contributed by atoms with Gasteiger partial charge in [0.1, 0.15) is 11.9 Å². The van der Waals surface area contributed by atoms with Crippen molar-refractivity contribution in [3.05, 3.63) is 60.2 Å². The molecule has 1 aliphatic heterocycles. The molecule has 3 aromatic rings. The molecule has 6 nitrogen and oxygen atoms in total. The number of nitrogens with one attached hydrogen (secondary N) is 1. The summed E-state index contributed by atoms with van der Waals surface area (Å²) in [7, 11) is -3.25. The molecule has 1 saturated heterocycles. The zero-order valence-electron chi connectivity index (χ0n) is 18.0. The number of anilines is 1. The number of halogens is 1. The van der Waals surface area contributed by atoms with Crippen LogP contribution in [0.2, 0.25) is 0 Å². The molecule has 1 aliphatic rings. The molecule has 4 rings (SSSR count). The predicted molar refractivity (Wildman–Crippen MR) is 124 cm³/mol. The van der Waals surface area contributed by atoms with Crippen molar-refractivity contribution < 1.29 is 12.8 Å². The number of nitriles is 1. The zero-order chi connectivity index (χ0) is 22.9. The Morgan fingerprint density at radius 3 is 2.59 bits per heavy atom. The first-order valence-electron chi connectivity index (χ1n) is 10.6. The Kier molecular flexibility index (Phi) is 6.13. The third-order valence-corrected chi connectivity index (χ3v) is 8.22. The molecule has 0 radical (unpaired) electrons. The summed E-state index contributed by atoms with van der Waals surface area (Å²) in [6.07, 6.45) is 4.92. The van der Waals surface area contributed by atoms with Gasteiger partial charge in [-0.15, -0.1) is 0 Å². The van der Waals surface area contributed by atoms with E-state index in [1.54, 1.807) is 42.7 Å². The fourth-order valence-electron chi connectivity index (χ4n) is 4.05. The number of fused-ring (bicyclic) bond motifs is 1. The monoisotopic (exact) mass is 452 g/mol. The molecule has 1 fully saturated rings. The van der Waals surface area contributed by atoms with Crippen LogP contribution in [0.25, 0.3) is 21.9 Å². The fourth-order valence-corrected chi connectivity index (χ4v) is 5.36. The third kappa shape index (κ3) is 4.31. The molecule has 0 bridgehead atoms. The maximum absolute atomic E-state index is 13.8. The molecule has 166 valence electrons. The maximum Gasteiger partial charge on any atom is 0.216 e. The summed E-state index contributed by atoms with van der Waals surface area (Å²) < 4.78 is 40.3. The standard InChI is InChI=1S/C24H25FN4O2S/c1-16(2)32(30,31)29-9-6-21(7-10-29)28-24-13-19(12-18-5-8-27-15-22(18)24)17-3-4-23(25)20(11-17)14-26/h3-5,8,11-13,15-16,21,28H,6-7,9-10H2,1-2H3. The molecule has 0 saturated carbocycles. The van der Waals surface area contributed by atoms with E-state index in [0.717, 1.165) is 27.6 Å². The highest BCUT2D eigenvalue weighted by Gasteiger charge is 2.30. The van der Waals surface area contributed by atoms with Crippen molar-refractivity contribution in [3.63, 3.8) is 0 Å². The normalized spacial score (nSPS) is 15.7. The molecule has 8 heteroatoms. The molecular formula is C24H25FN4O2S. The minimum absolute atomic E-state index is 0.00516. The number of sulfonamides is 1. The van der Waals surface area contributed by atoms with Gasteiger partial charge in [-0.05, 0) is 73.5 Å². The van der Waals surface area contributed by atoms with E-state index in [2.05, 4.69) is 10.3 Å². The number of hydrogen-bond donors (Lipinski definition) is 1. The van der Waals surface area contributed by atoms with Gasteiger partial charge in [0.05, 0.1) is 10.8 Å². The van der Waals surface area contributed by atoms with Crippen molar-refractivity contribution in [1.29, 1.82) is 5.26 Å². The van der Waals surface area contributed by atoms with Crippen LogP contribution >= 0.6 is 0 Å². The third-order valence-electron chi connectivity index (χ3n) is 5.95. The van der Waals surface area contributed by atoms with E-state index in [0.29, 0.717) is 25.9 Å². The van der Waals surface area contributed by atoms with Gasteiger partial charge in [-0.3, -0.25) is 4.98 Å². The molecule has 0 spiro atoms. The van der Waals surface area contributed by atoms with Gasteiger partial charge in [-0.2, -0.15) is 5.26 Å². The number of aromatic nitrogens is 1. The Morgan fingerprint density at radius 2 is 1.91 bits per heavy atom. The minimum atomic E-state index is -3.25. The van der Waals surface area contributed by atoms with E-state index in [-0.39, 0.29) is 11.6 Å². The summed E-state index contributed by atoms with van der Waals surface area (Å²) in [5, 5.41) is 14.3. The van der Waals surface area contributed by atoms with E-state index < -0.39 is 21.1 Å². The first-order valence-corrected chi connectivity index (χ1v) is 12.1. The van der Waals surface area contributed by atoms with Crippen LogP contribution in [-0.2, 0) is 10.0 Å². The molecule has 1 N–H and O–H groups in total. The summed E-state index contributed by atoms with van der Waals surface area (Å²) in [6, 6.07) is 12.4. The average molecular weight is 453 g/mol. The number of pyridine rings is 1. The van der Waals surface area contributed by atoms with Gasteiger partial charge in [-0.1, -0.05) is 6.07 Å². The van der Waals surface area contributed by atoms with Crippen molar-refractivity contribution in [2.24, 2.45) is 0 Å². The largest absolute Gasteiger partial charge is 0.382 e. The first kappa shape index (κ1) is 22.2. The van der Waals surface area contributed by atoms with E-state index in [9.17, 15) is 18.1 Å². The van der Waals surface area contributed by atoms with Crippen LogP contribution in [0, 0.1) is 17.1 Å². The van der Waals surface area contributed by atoms with Gasteiger partial charge < -0.3 is 5.32 Å². The highest BCUT2D eigenvalue weighted by Crippen LogP contribution is 2.33. The lowest BCUT2D eigenvalue weighted by atomic mass is 9.98. The summed E-state index contributed by atoms with van der Waals surface area (Å²) in [5.74, 6) is -0.539. The van der Waals surface area contributed by atoms with Gasteiger partial charge in [-0.25, -0.2) is 17.1 Å². The van der Waals surface area contributed by atoms with E-state index >= 15 is 0 Å². The molecule has 0 atom stereocenters. The Balaban J connectivity index is 1.63. The quantitative estimate of drug-likeness (QED) is 0.615. The minimum Gasteiger partial charge on any atom is -0.382 e. The van der Waals surface area contributed by atoms with Gasteiger partial charge in [0.15, 0.2) is 0 Å². The van der Waals surface area contributed by atoms with Crippen LogP contribution in [0.4, 0.5) is 10.1 Å². The van der Waals surface area contributed by atoms with Crippen molar-refractivity contribution in [3.8, 4) is 17.2 Å². The van der Waals surface area contributed by atoms with Crippen LogP contribution in [0.1, 0.15) is 32.3 Å². The SMILES string of the molecule is CC(C)S(=O)(=O)N1CCC(Nc2cc(-c3ccc(F)c(C#N)c3)cc3ccncc23)CC1. The van der Waals surface area contributed by atoms with Crippen LogP contribution in [0.3, 0.4) is 0 Å². The van der Waals surface area contributed by atoms with Crippen molar-refractivity contribution in [2.45, 2.75) is 38.0 Å². The number of rotatable bonds is 5. The van der Waals surface area contributed by atoms with Crippen LogP contribution in [-0.4, -0.2) is 42.1 Å². The van der Waals surface area contributed by atoms with Crippen LogP contribution < -0.4 is 5.32 Å². The topological polar surface area (TPSA) is 86.1 Å². The van der Waals surface area contributed by atoms with Gasteiger partial charge in [0, 0.05) is 42.6 Å². The summed E-state index contributed by atoms with van der Waals surface area (Å²) >= 11 is 0. The lowest BCUT2D eigenvalue weighted by molar-refractivity contribution is 0.327. The molecule has 32 heavy (non-hydrogen) atoms. The number of hydrogen-bond acceptors (Lipinski definition) is 5. The molecule has 0 unspecified atom stereocenters. The zero-order valence-corrected chi connectivity index (χ0v) is 18.9. The van der Waals surface area contributed by atoms with Crippen molar-refractivity contribution in [2.75, 3.05) is 18.4 Å². The number of piperidine rings is 1. The van der Waals surface area contributed by atoms with E-state index in [4.69, 9.17) is 0 Å². The molecular weight excluding hydrogens is 427 g/mol. The second-order valence-corrected chi connectivity index (χ2v) is 10.8. The van der Waals surface area contributed by atoms with Crippen LogP contribution in [0.15, 0.2) is 48.8 Å². The van der Waals surface area contributed by atoms with Crippen molar-refractivity contribution >= 4 is 26.5 Å². The summed E-state index contributed by atoms with van der Waals surface area (Å²) in [6.45, 7) is 4.38. The molecule has 1 aromatic heterocycles. The smallest absolute Gasteiger partial charge is 0.216 e. The summed E-state index contributed by atoms with van der Waals surface area (Å²) in [5.41, 5.74) is 2.51. The molecule has 2 aromatic carbocycles. The van der Waals surface area contributed by atoms with Gasteiger partial charge >= 0.3 is 0 Å². The fraction of sp³-hybridized carbons (Fsp3) is 0.333. The first-order chi connectivity index (χ1) is 15.3. The average Bonchev–Trinajstić information content (AvgIpc) is 2.79. The number of benzene rings is 2. The maximum atomic E-state index is 13.8. The Hall–Kier alpha value is -3.02. The molecule has 2 heterocycles. The Morgan fingerprint density at radius 1 is 1.16 bits per heavy atom. The number of nitrogens with zero attached hydrogens (tertiary/aromatic N) is 3. The lowest BCUT2D eigenvalue weighted by Crippen LogP contribution is -2.44. The van der Waals surface area contributed by atoms with Crippen LogP contribution in [0.5, 0.6) is 0 Å². The van der Waals surface area contributed by atoms with E-state index in [1.165, 1.54) is 6.07 Å². The second-order valence-electron chi connectivity index (χ2n) is 8.34. The highest BCUT2D eigenvalue weighted by molar-refractivity contribution is 7.89. The molecule has 0 aliphatic carbocycles. The Labute approximate surface area is 187 Å². The summed E-state index contributed by atoms with van der Waals surface area (Å²) in [4.78, 5) is 4.25. The second kappa shape index (κ2) is 8.85. The van der Waals surface area contributed by atoms with E-state index in [1.807, 2.05) is 24.3 Å². The predicted octanol–water partition coefficient (Wildman–Crippen LogP) is 4.53. The van der Waals surface area contributed by atoms with Gasteiger partial charge in [0.25, 0.3) is 0 Å². The molecule has 0 amide bonds. The van der Waals surface area contributed by atoms with Crippen molar-refractivity contribution in [1.82, 2.24) is 9.29 Å². The highest BCUT2D eigenvalue weighted by atomic mass is 32.2. The Bertz CT molecular complexity index is 1290.